The Balaban J connectivity index is 1.57. The van der Waals surface area contributed by atoms with E-state index in [1.54, 1.807) is 24.5 Å². The Kier molecular flexibility index (Phi) is 6.44. The molecule has 1 atom stereocenters. The van der Waals surface area contributed by atoms with Crippen molar-refractivity contribution in [2.24, 2.45) is 5.92 Å². The molecule has 1 fully saturated rings. The van der Waals surface area contributed by atoms with E-state index >= 15 is 0 Å². The topological polar surface area (TPSA) is 34.6 Å². The summed E-state index contributed by atoms with van der Waals surface area (Å²) in [6.45, 7) is -2.40. The number of allylic oxidation sites excluding steroid dienone is 2. The molecule has 1 aliphatic heterocycles. The monoisotopic (exact) mass is 452 g/mol. The Morgan fingerprint density at radius 3 is 2.57 bits per heavy atom. The first kappa shape index (κ1) is 20.9. The minimum Gasteiger partial charge on any atom is -0.489 e. The van der Waals surface area contributed by atoms with E-state index in [1.807, 2.05) is 29.3 Å². The van der Waals surface area contributed by atoms with E-state index in [9.17, 15) is 8.78 Å². The van der Waals surface area contributed by atoms with E-state index in [0.29, 0.717) is 40.4 Å². The van der Waals surface area contributed by atoms with Crippen molar-refractivity contribution in [1.82, 2.24) is 4.98 Å². The predicted molar refractivity (Wildman–Crippen MR) is 114 cm³/mol. The maximum Gasteiger partial charge on any atom is 0.387 e. The molecule has 1 saturated carbocycles. The van der Waals surface area contributed by atoms with E-state index in [4.69, 9.17) is 27.9 Å². The zero-order valence-corrected chi connectivity index (χ0v) is 17.5. The molecule has 0 spiro atoms. The summed E-state index contributed by atoms with van der Waals surface area (Å²) in [5, 5.41) is 0.892. The number of ether oxygens (including phenoxy) is 2. The molecule has 2 heterocycles. The molecule has 4 rings (SSSR count). The van der Waals surface area contributed by atoms with Crippen LogP contribution in [0.2, 0.25) is 10.0 Å². The van der Waals surface area contributed by atoms with Crippen LogP contribution < -0.4 is 14.4 Å². The van der Waals surface area contributed by atoms with Gasteiger partial charge < -0.3 is 14.4 Å². The highest BCUT2D eigenvalue weighted by Crippen LogP contribution is 2.37. The lowest BCUT2D eigenvalue weighted by Gasteiger charge is -2.32. The lowest BCUT2D eigenvalue weighted by atomic mass is 10.0. The molecule has 1 aromatic carbocycles. The highest BCUT2D eigenvalue weighted by Gasteiger charge is 2.25. The molecule has 1 aromatic heterocycles. The quantitative estimate of drug-likeness (QED) is 0.471. The third-order valence-corrected chi connectivity index (χ3v) is 5.53. The molecular weight excluding hydrogens is 433 g/mol. The number of hydrogen-bond acceptors (Lipinski definition) is 4. The van der Waals surface area contributed by atoms with Crippen LogP contribution in [0.3, 0.4) is 0 Å². The molecule has 2 aromatic rings. The van der Waals surface area contributed by atoms with Crippen LogP contribution in [0.1, 0.15) is 18.4 Å². The molecule has 0 N–H and O–H groups in total. The summed E-state index contributed by atoms with van der Waals surface area (Å²) < 4.78 is 36.0. The number of rotatable bonds is 8. The number of aromatic nitrogens is 1. The van der Waals surface area contributed by atoms with Crippen molar-refractivity contribution < 1.29 is 18.3 Å². The maximum absolute atomic E-state index is 12.8. The number of anilines is 1. The Morgan fingerprint density at radius 2 is 1.87 bits per heavy atom. The van der Waals surface area contributed by atoms with Gasteiger partial charge in [-0.25, -0.2) is 0 Å². The van der Waals surface area contributed by atoms with Gasteiger partial charge in [0.15, 0.2) is 11.5 Å². The third kappa shape index (κ3) is 5.05. The second-order valence-electron chi connectivity index (χ2n) is 7.27. The fraction of sp³-hybridized carbons (Fsp3) is 0.318. The van der Waals surface area contributed by atoms with Gasteiger partial charge in [-0.05, 0) is 49.0 Å². The zero-order chi connectivity index (χ0) is 21.1. The van der Waals surface area contributed by atoms with Gasteiger partial charge in [0.2, 0.25) is 0 Å². The molecule has 0 radical (unpaired) electrons. The van der Waals surface area contributed by atoms with Crippen molar-refractivity contribution >= 4 is 28.9 Å². The van der Waals surface area contributed by atoms with Gasteiger partial charge in [-0.1, -0.05) is 41.4 Å². The maximum atomic E-state index is 12.8. The van der Waals surface area contributed by atoms with Crippen molar-refractivity contribution in [2.75, 3.05) is 11.5 Å². The first-order valence-electron chi connectivity index (χ1n) is 9.64. The molecule has 2 aliphatic rings. The number of benzene rings is 1. The first-order chi connectivity index (χ1) is 14.5. The molecule has 1 aliphatic carbocycles. The summed E-state index contributed by atoms with van der Waals surface area (Å²) in [5.41, 5.74) is 1.58. The summed E-state index contributed by atoms with van der Waals surface area (Å²) in [6.07, 6.45) is 13.7. The molecule has 30 heavy (non-hydrogen) atoms. The van der Waals surface area contributed by atoms with Crippen LogP contribution in [0.25, 0.3) is 0 Å². The largest absolute Gasteiger partial charge is 0.489 e. The second-order valence-corrected chi connectivity index (χ2v) is 8.09. The highest BCUT2D eigenvalue weighted by atomic mass is 35.5. The van der Waals surface area contributed by atoms with E-state index in [0.717, 1.165) is 18.4 Å². The molecule has 0 saturated heterocycles. The number of alkyl halides is 2. The van der Waals surface area contributed by atoms with E-state index < -0.39 is 6.61 Å². The number of nitrogens with zero attached hydrogens (tertiary/aromatic N) is 2. The van der Waals surface area contributed by atoms with Crippen LogP contribution in [0, 0.1) is 5.92 Å². The summed E-state index contributed by atoms with van der Waals surface area (Å²) >= 11 is 12.7. The predicted octanol–water partition coefficient (Wildman–Crippen LogP) is 6.28. The SMILES string of the molecule is FC(F)Oc1ccc(CC2C=CC=CN2c2c(Cl)cncc2Cl)cc1OCC1CC1. The Hall–Kier alpha value is -2.31. The van der Waals surface area contributed by atoms with Crippen molar-refractivity contribution in [3.63, 3.8) is 0 Å². The minimum atomic E-state index is -2.91. The van der Waals surface area contributed by atoms with Gasteiger partial charge in [0.05, 0.1) is 28.4 Å². The average molecular weight is 453 g/mol. The Morgan fingerprint density at radius 1 is 1.10 bits per heavy atom. The normalized spacial score (nSPS) is 18.2. The van der Waals surface area contributed by atoms with Crippen molar-refractivity contribution in [3.8, 4) is 11.5 Å². The Labute approximate surface area is 183 Å². The van der Waals surface area contributed by atoms with Crippen LogP contribution in [0.4, 0.5) is 14.5 Å². The zero-order valence-electron chi connectivity index (χ0n) is 16.0. The molecular formula is C22H20Cl2F2N2O2. The summed E-state index contributed by atoms with van der Waals surface area (Å²) in [6, 6.07) is 4.98. The lowest BCUT2D eigenvalue weighted by Crippen LogP contribution is -2.32. The molecule has 0 amide bonds. The number of halogens is 4. The smallest absolute Gasteiger partial charge is 0.387 e. The van der Waals surface area contributed by atoms with Crippen molar-refractivity contribution in [3.05, 3.63) is 70.6 Å². The van der Waals surface area contributed by atoms with Crippen molar-refractivity contribution in [1.29, 1.82) is 0 Å². The van der Waals surface area contributed by atoms with Crippen LogP contribution >= 0.6 is 23.2 Å². The molecule has 0 bridgehead atoms. The highest BCUT2D eigenvalue weighted by molar-refractivity contribution is 6.39. The van der Waals surface area contributed by atoms with Gasteiger partial charge in [0.25, 0.3) is 0 Å². The molecule has 1 unspecified atom stereocenters. The van der Waals surface area contributed by atoms with Crippen LogP contribution in [-0.4, -0.2) is 24.2 Å². The fourth-order valence-corrected chi connectivity index (χ4v) is 3.88. The average Bonchev–Trinajstić information content (AvgIpc) is 3.53. The molecule has 4 nitrogen and oxygen atoms in total. The number of hydrogen-bond donors (Lipinski definition) is 0. The summed E-state index contributed by atoms with van der Waals surface area (Å²) in [7, 11) is 0. The lowest BCUT2D eigenvalue weighted by molar-refractivity contribution is -0.0515. The van der Waals surface area contributed by atoms with Gasteiger partial charge >= 0.3 is 6.61 Å². The first-order valence-corrected chi connectivity index (χ1v) is 10.4. The van der Waals surface area contributed by atoms with Crippen LogP contribution in [0.5, 0.6) is 11.5 Å². The van der Waals surface area contributed by atoms with Gasteiger partial charge in [0.1, 0.15) is 0 Å². The molecule has 158 valence electrons. The third-order valence-electron chi connectivity index (χ3n) is 4.98. The fourth-order valence-electron chi connectivity index (χ4n) is 3.32. The van der Waals surface area contributed by atoms with Crippen LogP contribution in [-0.2, 0) is 6.42 Å². The Bertz CT molecular complexity index is 944. The summed E-state index contributed by atoms with van der Waals surface area (Å²) in [4.78, 5) is 5.98. The van der Waals surface area contributed by atoms with E-state index in [-0.39, 0.29) is 11.8 Å². The minimum absolute atomic E-state index is 0.0468. The van der Waals surface area contributed by atoms with E-state index in [2.05, 4.69) is 9.72 Å². The second kappa shape index (κ2) is 9.23. The summed E-state index contributed by atoms with van der Waals surface area (Å²) in [5.74, 6) is 0.873. The van der Waals surface area contributed by atoms with Gasteiger partial charge in [-0.3, -0.25) is 4.98 Å². The van der Waals surface area contributed by atoms with Gasteiger partial charge in [-0.2, -0.15) is 8.78 Å². The van der Waals surface area contributed by atoms with Crippen molar-refractivity contribution in [2.45, 2.75) is 31.9 Å². The molecule has 8 heteroatoms. The standard InChI is InChI=1S/C22H20Cl2F2N2O2/c23-17-11-27-12-18(24)21(17)28-8-2-1-3-16(28)9-15-6-7-19(30-22(25)26)20(10-15)29-13-14-4-5-14/h1-3,6-8,10-12,14,16,22H,4-5,9,13H2. The van der Waals surface area contributed by atoms with Gasteiger partial charge in [0, 0.05) is 18.6 Å². The van der Waals surface area contributed by atoms with Crippen LogP contribution in [0.15, 0.2) is 55.0 Å². The number of pyridine rings is 1. The van der Waals surface area contributed by atoms with E-state index in [1.165, 1.54) is 6.07 Å². The van der Waals surface area contributed by atoms with Gasteiger partial charge in [-0.15, -0.1) is 0 Å².